The molecule has 0 aliphatic carbocycles. The molecule has 3 nitrogen and oxygen atoms in total. The second-order valence-electron chi connectivity index (χ2n) is 5.43. The van der Waals surface area contributed by atoms with E-state index in [1.165, 1.54) is 23.5 Å². The SMILES string of the molecule is O=C(Nc1ncc(Cc2ccc(C(F)(F)F)cc2)s1)[C@@H]1CSCCS1. The molecule has 1 amide bonds. The van der Waals surface area contributed by atoms with Crippen LogP contribution in [0.4, 0.5) is 18.3 Å². The highest BCUT2D eigenvalue weighted by Crippen LogP contribution is 2.30. The van der Waals surface area contributed by atoms with E-state index in [4.69, 9.17) is 0 Å². The molecule has 1 N–H and O–H groups in total. The predicted molar refractivity (Wildman–Crippen MR) is 98.6 cm³/mol. The maximum Gasteiger partial charge on any atom is 0.416 e. The van der Waals surface area contributed by atoms with Gasteiger partial charge in [0.1, 0.15) is 0 Å². The molecule has 3 rings (SSSR count). The molecule has 1 atom stereocenters. The fraction of sp³-hybridized carbons (Fsp3) is 0.375. The quantitative estimate of drug-likeness (QED) is 0.812. The highest BCUT2D eigenvalue weighted by Gasteiger charge is 2.30. The van der Waals surface area contributed by atoms with Crippen LogP contribution in [0.5, 0.6) is 0 Å². The molecular weight excluding hydrogens is 389 g/mol. The van der Waals surface area contributed by atoms with E-state index in [0.29, 0.717) is 11.6 Å². The fourth-order valence-corrected chi connectivity index (χ4v) is 5.69. The van der Waals surface area contributed by atoms with Crippen molar-refractivity contribution in [2.45, 2.75) is 17.8 Å². The van der Waals surface area contributed by atoms with E-state index in [9.17, 15) is 18.0 Å². The Hall–Kier alpha value is -1.19. The van der Waals surface area contributed by atoms with E-state index in [2.05, 4.69) is 10.3 Å². The average Bonchev–Trinajstić information content (AvgIpc) is 3.02. The number of benzene rings is 1. The largest absolute Gasteiger partial charge is 0.416 e. The fourth-order valence-electron chi connectivity index (χ4n) is 2.28. The number of halogens is 3. The first-order chi connectivity index (χ1) is 11.9. The minimum atomic E-state index is -4.32. The molecule has 2 heterocycles. The number of thioether (sulfide) groups is 2. The standard InChI is InChI=1S/C16H15F3N2OS3/c17-16(18,19)11-3-1-10(2-4-11)7-12-8-20-15(25-12)21-14(22)13-9-23-5-6-24-13/h1-4,8,13H,5-7,9H2,(H,20,21,22)/t13-/m0/s1. The van der Waals surface area contributed by atoms with E-state index in [1.807, 2.05) is 0 Å². The summed E-state index contributed by atoms with van der Waals surface area (Å²) in [6.45, 7) is 0. The number of hydrogen-bond acceptors (Lipinski definition) is 5. The summed E-state index contributed by atoms with van der Waals surface area (Å²) in [5, 5.41) is 3.31. The van der Waals surface area contributed by atoms with Crippen molar-refractivity contribution in [2.75, 3.05) is 22.6 Å². The van der Waals surface area contributed by atoms with Crippen molar-refractivity contribution in [3.05, 3.63) is 46.5 Å². The topological polar surface area (TPSA) is 42.0 Å². The zero-order valence-corrected chi connectivity index (χ0v) is 15.5. The predicted octanol–water partition coefficient (Wildman–Crippen LogP) is 4.54. The van der Waals surface area contributed by atoms with Crippen LogP contribution in [0, 0.1) is 0 Å². The number of carbonyl (C=O) groups excluding carboxylic acids is 1. The number of anilines is 1. The summed E-state index contributed by atoms with van der Waals surface area (Å²) in [5.41, 5.74) is 0.116. The number of nitrogens with one attached hydrogen (secondary N) is 1. The van der Waals surface area contributed by atoms with Gasteiger partial charge in [0, 0.05) is 34.8 Å². The molecule has 0 saturated carbocycles. The van der Waals surface area contributed by atoms with Crippen molar-refractivity contribution in [1.82, 2.24) is 4.98 Å². The van der Waals surface area contributed by atoms with Crippen molar-refractivity contribution in [1.29, 1.82) is 0 Å². The van der Waals surface area contributed by atoms with Gasteiger partial charge in [-0.15, -0.1) is 23.1 Å². The molecule has 0 bridgehead atoms. The maximum atomic E-state index is 12.6. The Balaban J connectivity index is 1.59. The molecule has 1 aromatic heterocycles. The first-order valence-corrected chi connectivity index (χ1v) is 10.5. The van der Waals surface area contributed by atoms with Crippen LogP contribution in [0.2, 0.25) is 0 Å². The van der Waals surface area contributed by atoms with Crippen molar-refractivity contribution in [2.24, 2.45) is 0 Å². The normalized spacial score (nSPS) is 18.1. The summed E-state index contributed by atoms with van der Waals surface area (Å²) in [6.07, 6.45) is -2.18. The highest BCUT2D eigenvalue weighted by molar-refractivity contribution is 8.07. The number of carbonyl (C=O) groups is 1. The monoisotopic (exact) mass is 404 g/mol. The van der Waals surface area contributed by atoms with Crippen LogP contribution >= 0.6 is 34.9 Å². The second-order valence-corrected chi connectivity index (χ2v) is 9.00. The molecule has 1 aliphatic rings. The first-order valence-electron chi connectivity index (χ1n) is 7.53. The van der Waals surface area contributed by atoms with Crippen LogP contribution < -0.4 is 5.32 Å². The summed E-state index contributed by atoms with van der Waals surface area (Å²) < 4.78 is 37.7. The first kappa shape index (κ1) is 18.6. The zero-order valence-electron chi connectivity index (χ0n) is 13.0. The Labute approximate surface area is 155 Å². The van der Waals surface area contributed by atoms with Gasteiger partial charge in [-0.2, -0.15) is 24.9 Å². The van der Waals surface area contributed by atoms with Gasteiger partial charge in [0.15, 0.2) is 5.13 Å². The maximum absolute atomic E-state index is 12.6. The number of amides is 1. The van der Waals surface area contributed by atoms with Crippen LogP contribution in [-0.2, 0) is 17.4 Å². The third kappa shape index (κ3) is 5.15. The lowest BCUT2D eigenvalue weighted by Crippen LogP contribution is -2.29. The summed E-state index contributed by atoms with van der Waals surface area (Å²) in [5.74, 6) is 2.82. The molecule has 9 heteroatoms. The minimum absolute atomic E-state index is 0.0346. The third-order valence-electron chi connectivity index (χ3n) is 3.55. The molecule has 1 aliphatic heterocycles. The summed E-state index contributed by atoms with van der Waals surface area (Å²) in [6, 6.07) is 5.10. The number of hydrogen-bond donors (Lipinski definition) is 1. The van der Waals surface area contributed by atoms with Gasteiger partial charge in [-0.05, 0) is 17.7 Å². The summed E-state index contributed by atoms with van der Waals surface area (Å²) in [7, 11) is 0. The highest BCUT2D eigenvalue weighted by atomic mass is 32.2. The van der Waals surface area contributed by atoms with Gasteiger partial charge in [0.2, 0.25) is 5.91 Å². The Morgan fingerprint density at radius 1 is 1.24 bits per heavy atom. The van der Waals surface area contributed by atoms with E-state index in [1.54, 1.807) is 29.7 Å². The molecule has 1 saturated heterocycles. The molecule has 1 fully saturated rings. The van der Waals surface area contributed by atoms with Crippen molar-refractivity contribution >= 4 is 45.9 Å². The molecule has 25 heavy (non-hydrogen) atoms. The lowest BCUT2D eigenvalue weighted by Gasteiger charge is -2.19. The number of aromatic nitrogens is 1. The van der Waals surface area contributed by atoms with Crippen molar-refractivity contribution < 1.29 is 18.0 Å². The van der Waals surface area contributed by atoms with Gasteiger partial charge in [0.05, 0.1) is 10.8 Å². The van der Waals surface area contributed by atoms with E-state index < -0.39 is 11.7 Å². The number of thiazole rings is 1. The van der Waals surface area contributed by atoms with E-state index in [0.717, 1.165) is 39.8 Å². The molecule has 0 unspecified atom stereocenters. The Bertz CT molecular complexity index is 725. The van der Waals surface area contributed by atoms with Crippen LogP contribution in [0.3, 0.4) is 0 Å². The molecule has 0 radical (unpaired) electrons. The zero-order chi connectivity index (χ0) is 17.9. The minimum Gasteiger partial charge on any atom is -0.301 e. The lowest BCUT2D eigenvalue weighted by atomic mass is 10.1. The van der Waals surface area contributed by atoms with Crippen molar-refractivity contribution in [3.8, 4) is 0 Å². The summed E-state index contributed by atoms with van der Waals surface area (Å²) in [4.78, 5) is 17.3. The molecule has 0 spiro atoms. The van der Waals surface area contributed by atoms with Gasteiger partial charge in [-0.25, -0.2) is 4.98 Å². The average molecular weight is 405 g/mol. The molecular formula is C16H15F3N2OS3. The molecule has 2 aromatic rings. The van der Waals surface area contributed by atoms with Gasteiger partial charge < -0.3 is 5.32 Å². The van der Waals surface area contributed by atoms with Crippen molar-refractivity contribution in [3.63, 3.8) is 0 Å². The van der Waals surface area contributed by atoms with Gasteiger partial charge in [0.25, 0.3) is 0 Å². The Kier molecular flexibility index (Phi) is 5.96. The summed E-state index contributed by atoms with van der Waals surface area (Å²) >= 11 is 4.78. The van der Waals surface area contributed by atoms with E-state index >= 15 is 0 Å². The number of rotatable bonds is 4. The number of nitrogens with zero attached hydrogens (tertiary/aromatic N) is 1. The Morgan fingerprint density at radius 2 is 2.00 bits per heavy atom. The van der Waals surface area contributed by atoms with Crippen LogP contribution in [-0.4, -0.2) is 33.4 Å². The van der Waals surface area contributed by atoms with Gasteiger partial charge >= 0.3 is 6.18 Å². The van der Waals surface area contributed by atoms with Crippen LogP contribution in [0.25, 0.3) is 0 Å². The van der Waals surface area contributed by atoms with Crippen LogP contribution in [0.1, 0.15) is 16.0 Å². The number of alkyl halides is 3. The van der Waals surface area contributed by atoms with Gasteiger partial charge in [-0.1, -0.05) is 12.1 Å². The lowest BCUT2D eigenvalue weighted by molar-refractivity contribution is -0.137. The smallest absolute Gasteiger partial charge is 0.301 e. The van der Waals surface area contributed by atoms with E-state index in [-0.39, 0.29) is 11.2 Å². The molecule has 1 aromatic carbocycles. The second kappa shape index (κ2) is 8.01. The third-order valence-corrected chi connectivity index (χ3v) is 7.22. The van der Waals surface area contributed by atoms with Crippen LogP contribution in [0.15, 0.2) is 30.5 Å². The Morgan fingerprint density at radius 3 is 2.64 bits per heavy atom. The van der Waals surface area contributed by atoms with Gasteiger partial charge in [-0.3, -0.25) is 4.79 Å². The molecule has 134 valence electrons.